The maximum atomic E-state index is 9.16. The Morgan fingerprint density at radius 2 is 1.30 bits per heavy atom. The number of nitrogens with two attached hydrogens (primary N) is 1. The summed E-state index contributed by atoms with van der Waals surface area (Å²) in [4.78, 5) is 4.89. The Morgan fingerprint density at radius 1 is 0.833 bits per heavy atom. The third-order valence-electron chi connectivity index (χ3n) is 7.61. The van der Waals surface area contributed by atoms with E-state index in [9.17, 15) is 0 Å². The summed E-state index contributed by atoms with van der Waals surface area (Å²) in [5, 5.41) is 9.16. The van der Waals surface area contributed by atoms with E-state index in [0.717, 1.165) is 39.0 Å². The van der Waals surface area contributed by atoms with Crippen molar-refractivity contribution < 1.29 is 0 Å². The first-order chi connectivity index (χ1) is 14.5. The van der Waals surface area contributed by atoms with Crippen LogP contribution in [0.5, 0.6) is 0 Å². The number of hydrogen-bond donors (Lipinski definition) is 1. The molecule has 0 spiro atoms. The second-order valence-corrected chi connectivity index (χ2v) is 8.89. The molecular weight excluding hydrogens is 368 g/mol. The van der Waals surface area contributed by atoms with Gasteiger partial charge in [0.1, 0.15) is 5.54 Å². The van der Waals surface area contributed by atoms with Gasteiger partial charge in [-0.1, -0.05) is 83.7 Å². The van der Waals surface area contributed by atoms with Gasteiger partial charge < -0.3 is 5.73 Å². The van der Waals surface area contributed by atoms with Crippen molar-refractivity contribution in [1.82, 2.24) is 9.80 Å². The van der Waals surface area contributed by atoms with Gasteiger partial charge in [-0.3, -0.25) is 9.80 Å². The van der Waals surface area contributed by atoms with E-state index >= 15 is 0 Å². The molecule has 3 rings (SSSR count). The second kappa shape index (κ2) is 11.8. The van der Waals surface area contributed by atoms with Crippen LogP contribution in [-0.4, -0.2) is 47.1 Å². The van der Waals surface area contributed by atoms with Crippen LogP contribution in [0.4, 0.5) is 0 Å². The number of nitrogens with zero attached hydrogens (tertiary/aromatic N) is 3. The van der Waals surface area contributed by atoms with Crippen LogP contribution in [0.1, 0.15) is 90.7 Å². The normalized spacial score (nSPS) is 20.6. The predicted molar refractivity (Wildman–Crippen MR) is 127 cm³/mol. The van der Waals surface area contributed by atoms with E-state index in [1.807, 2.05) is 0 Å². The van der Waals surface area contributed by atoms with Crippen molar-refractivity contribution in [2.24, 2.45) is 5.73 Å². The zero-order valence-electron chi connectivity index (χ0n) is 19.9. The van der Waals surface area contributed by atoms with Crippen molar-refractivity contribution in [2.45, 2.75) is 96.2 Å². The Morgan fingerprint density at radius 3 is 1.73 bits per heavy atom. The number of benzene rings is 1. The standard InChI is InChI=1S/C16H26N2.C10H18N2/c1-3-18(4-2)16(12-8-9-13-16)15(17)14-10-6-5-7-11-14;1-3-12(4-2)10(9-11)7-5-6-8-10/h5-7,10-11,15H,3-4,8-9,12-13,17H2,1-2H3;3-8H2,1-2H3. The molecule has 1 atom stereocenters. The van der Waals surface area contributed by atoms with Gasteiger partial charge in [-0.25, -0.2) is 0 Å². The van der Waals surface area contributed by atoms with Crippen molar-refractivity contribution in [1.29, 1.82) is 5.26 Å². The minimum atomic E-state index is -0.108. The van der Waals surface area contributed by atoms with Gasteiger partial charge in [-0.15, -0.1) is 0 Å². The van der Waals surface area contributed by atoms with Crippen molar-refractivity contribution in [3.63, 3.8) is 0 Å². The molecule has 1 aromatic carbocycles. The largest absolute Gasteiger partial charge is 0.322 e. The van der Waals surface area contributed by atoms with Crippen LogP contribution in [0.15, 0.2) is 30.3 Å². The molecular formula is C26H44N4. The van der Waals surface area contributed by atoms with Gasteiger partial charge in [0.2, 0.25) is 0 Å². The van der Waals surface area contributed by atoms with Gasteiger partial charge in [0.25, 0.3) is 0 Å². The number of likely N-dealkylation sites (N-methyl/N-ethyl adjacent to an activating group) is 1. The topological polar surface area (TPSA) is 56.3 Å². The Labute approximate surface area is 185 Å². The number of rotatable bonds is 8. The average molecular weight is 413 g/mol. The molecule has 0 aliphatic heterocycles. The Bertz CT molecular complexity index is 631. The third-order valence-corrected chi connectivity index (χ3v) is 7.61. The minimum absolute atomic E-state index is 0.108. The van der Waals surface area contributed by atoms with Crippen LogP contribution in [0.25, 0.3) is 0 Å². The molecule has 2 aliphatic carbocycles. The molecule has 1 aromatic rings. The fourth-order valence-corrected chi connectivity index (χ4v) is 5.92. The number of nitriles is 1. The first kappa shape index (κ1) is 24.9. The summed E-state index contributed by atoms with van der Waals surface area (Å²) in [5.74, 6) is 0. The Kier molecular flexibility index (Phi) is 9.81. The zero-order chi connectivity index (χ0) is 22.0. The monoisotopic (exact) mass is 412 g/mol. The smallest absolute Gasteiger partial charge is 0.109 e. The molecule has 0 aromatic heterocycles. The van der Waals surface area contributed by atoms with E-state index in [4.69, 9.17) is 11.0 Å². The van der Waals surface area contributed by atoms with Crippen LogP contribution in [-0.2, 0) is 0 Å². The van der Waals surface area contributed by atoms with E-state index in [2.05, 4.69) is 73.9 Å². The molecule has 0 heterocycles. The van der Waals surface area contributed by atoms with Crippen molar-refractivity contribution in [3.05, 3.63) is 35.9 Å². The van der Waals surface area contributed by atoms with E-state index in [1.54, 1.807) is 0 Å². The highest BCUT2D eigenvalue weighted by molar-refractivity contribution is 5.24. The van der Waals surface area contributed by atoms with Crippen LogP contribution in [0.3, 0.4) is 0 Å². The third kappa shape index (κ3) is 5.25. The fourth-order valence-electron chi connectivity index (χ4n) is 5.92. The summed E-state index contributed by atoms with van der Waals surface area (Å²) < 4.78 is 0. The molecule has 2 aliphatic rings. The Balaban J connectivity index is 0.000000232. The second-order valence-electron chi connectivity index (χ2n) is 8.89. The highest BCUT2D eigenvalue weighted by Crippen LogP contribution is 2.43. The van der Waals surface area contributed by atoms with Gasteiger partial charge >= 0.3 is 0 Å². The quantitative estimate of drug-likeness (QED) is 0.612. The van der Waals surface area contributed by atoms with Crippen LogP contribution >= 0.6 is 0 Å². The molecule has 2 saturated carbocycles. The molecule has 4 nitrogen and oxygen atoms in total. The van der Waals surface area contributed by atoms with Gasteiger partial charge in [-0.2, -0.15) is 5.26 Å². The van der Waals surface area contributed by atoms with Gasteiger partial charge in [0, 0.05) is 11.6 Å². The minimum Gasteiger partial charge on any atom is -0.322 e. The van der Waals surface area contributed by atoms with E-state index < -0.39 is 0 Å². The molecule has 4 heteroatoms. The van der Waals surface area contributed by atoms with Crippen LogP contribution in [0, 0.1) is 11.3 Å². The fraction of sp³-hybridized carbons (Fsp3) is 0.731. The molecule has 168 valence electrons. The lowest BCUT2D eigenvalue weighted by atomic mass is 9.82. The Hall–Kier alpha value is -1.41. The summed E-state index contributed by atoms with van der Waals surface area (Å²) >= 11 is 0. The maximum Gasteiger partial charge on any atom is 0.109 e. The predicted octanol–water partition coefficient (Wildman–Crippen LogP) is 5.51. The highest BCUT2D eigenvalue weighted by Gasteiger charge is 2.43. The van der Waals surface area contributed by atoms with E-state index in [0.29, 0.717) is 0 Å². The SMILES string of the molecule is CCN(CC)C1(C#N)CCCC1.CCN(CC)C1(C(N)c2ccccc2)CCCC1. The summed E-state index contributed by atoms with van der Waals surface area (Å²) in [6, 6.07) is 13.3. The van der Waals surface area contributed by atoms with E-state index in [-0.39, 0.29) is 17.1 Å². The highest BCUT2D eigenvalue weighted by atomic mass is 15.2. The molecule has 2 fully saturated rings. The van der Waals surface area contributed by atoms with Crippen molar-refractivity contribution in [2.75, 3.05) is 26.2 Å². The molecule has 0 amide bonds. The summed E-state index contributed by atoms with van der Waals surface area (Å²) in [6.07, 6.45) is 9.72. The first-order valence-electron chi connectivity index (χ1n) is 12.2. The van der Waals surface area contributed by atoms with Crippen LogP contribution in [0.2, 0.25) is 0 Å². The maximum absolute atomic E-state index is 9.16. The van der Waals surface area contributed by atoms with Gasteiger partial charge in [0.05, 0.1) is 6.07 Å². The lowest BCUT2D eigenvalue weighted by Crippen LogP contribution is -2.53. The van der Waals surface area contributed by atoms with Crippen LogP contribution < -0.4 is 5.73 Å². The summed E-state index contributed by atoms with van der Waals surface area (Å²) in [7, 11) is 0. The molecule has 2 N–H and O–H groups in total. The molecule has 0 radical (unpaired) electrons. The lowest BCUT2D eigenvalue weighted by molar-refractivity contribution is 0.0770. The lowest BCUT2D eigenvalue weighted by Gasteiger charge is -2.45. The molecule has 0 bridgehead atoms. The average Bonchev–Trinajstić information content (AvgIpc) is 3.48. The first-order valence-corrected chi connectivity index (χ1v) is 12.2. The van der Waals surface area contributed by atoms with Gasteiger partial charge in [0.15, 0.2) is 0 Å². The molecule has 0 saturated heterocycles. The van der Waals surface area contributed by atoms with Crippen molar-refractivity contribution in [3.8, 4) is 6.07 Å². The summed E-state index contributed by atoms with van der Waals surface area (Å²) in [5.41, 5.74) is 8.01. The summed E-state index contributed by atoms with van der Waals surface area (Å²) in [6.45, 7) is 13.0. The van der Waals surface area contributed by atoms with Gasteiger partial charge in [-0.05, 0) is 57.4 Å². The van der Waals surface area contributed by atoms with Crippen molar-refractivity contribution >= 4 is 0 Å². The molecule has 1 unspecified atom stereocenters. The zero-order valence-corrected chi connectivity index (χ0v) is 19.9. The molecule has 30 heavy (non-hydrogen) atoms. The number of hydrogen-bond acceptors (Lipinski definition) is 4. The van der Waals surface area contributed by atoms with E-state index in [1.165, 1.54) is 44.1 Å².